The monoisotopic (exact) mass is 296 g/mol. The Balaban J connectivity index is 3.39. The molecule has 1 unspecified atom stereocenters. The Labute approximate surface area is 121 Å². The number of hydrogen-bond donors (Lipinski definition) is 1. The summed E-state index contributed by atoms with van der Waals surface area (Å²) in [6.45, 7) is 0. The first-order valence-electron chi connectivity index (χ1n) is 7.05. The van der Waals surface area contributed by atoms with Crippen LogP contribution in [0.1, 0.15) is 64.2 Å². The van der Waals surface area contributed by atoms with Gasteiger partial charge in [-0.05, 0) is 25.7 Å². The molecular weight excluding hydrogens is 271 g/mol. The maximum atomic E-state index is 11.6. The SMILES string of the molecule is O=C(CCCCCCCl)C(O)CCCCCCCl. The molecule has 2 nitrogen and oxygen atoms in total. The van der Waals surface area contributed by atoms with Crippen LogP contribution >= 0.6 is 23.2 Å². The lowest BCUT2D eigenvalue weighted by molar-refractivity contribution is -0.127. The van der Waals surface area contributed by atoms with Gasteiger partial charge in [0.1, 0.15) is 6.10 Å². The van der Waals surface area contributed by atoms with Crippen molar-refractivity contribution in [3.63, 3.8) is 0 Å². The van der Waals surface area contributed by atoms with E-state index < -0.39 is 6.10 Å². The van der Waals surface area contributed by atoms with Crippen LogP contribution in [0.4, 0.5) is 0 Å². The summed E-state index contributed by atoms with van der Waals surface area (Å²) in [4.78, 5) is 11.6. The van der Waals surface area contributed by atoms with Crippen LogP contribution in [0.15, 0.2) is 0 Å². The normalized spacial score (nSPS) is 12.6. The molecule has 0 saturated heterocycles. The van der Waals surface area contributed by atoms with Gasteiger partial charge < -0.3 is 5.11 Å². The highest BCUT2D eigenvalue weighted by atomic mass is 35.5. The molecule has 0 bridgehead atoms. The fourth-order valence-electron chi connectivity index (χ4n) is 1.86. The van der Waals surface area contributed by atoms with Crippen molar-refractivity contribution in [2.24, 2.45) is 0 Å². The average Bonchev–Trinajstić information content (AvgIpc) is 2.37. The molecule has 0 radical (unpaired) electrons. The summed E-state index contributed by atoms with van der Waals surface area (Å²) in [5, 5.41) is 9.68. The number of ketones is 1. The summed E-state index contributed by atoms with van der Waals surface area (Å²) in [5.74, 6) is 1.39. The van der Waals surface area contributed by atoms with E-state index in [1.54, 1.807) is 0 Å². The second-order valence-electron chi connectivity index (χ2n) is 4.73. The largest absolute Gasteiger partial charge is 0.385 e. The standard InChI is InChI=1S/C14H26Cl2O2/c15-11-7-3-1-5-9-13(17)14(18)10-6-2-4-8-12-16/h13,17H,1-12H2. The van der Waals surface area contributed by atoms with Crippen molar-refractivity contribution in [3.05, 3.63) is 0 Å². The van der Waals surface area contributed by atoms with Gasteiger partial charge in [0, 0.05) is 18.2 Å². The molecule has 0 aliphatic heterocycles. The lowest BCUT2D eigenvalue weighted by atomic mass is 10.0. The third-order valence-electron chi connectivity index (χ3n) is 3.04. The van der Waals surface area contributed by atoms with Gasteiger partial charge in [0.25, 0.3) is 0 Å². The van der Waals surface area contributed by atoms with Crippen LogP contribution in [0.2, 0.25) is 0 Å². The van der Waals surface area contributed by atoms with E-state index in [0.29, 0.717) is 24.6 Å². The van der Waals surface area contributed by atoms with Gasteiger partial charge in [0.15, 0.2) is 5.78 Å². The van der Waals surface area contributed by atoms with Crippen molar-refractivity contribution < 1.29 is 9.90 Å². The predicted molar refractivity (Wildman–Crippen MR) is 78.6 cm³/mol. The molecule has 1 N–H and O–H groups in total. The number of carbonyl (C=O) groups is 1. The summed E-state index contributed by atoms with van der Waals surface area (Å²) >= 11 is 11.1. The molecule has 0 heterocycles. The summed E-state index contributed by atoms with van der Waals surface area (Å²) in [5.41, 5.74) is 0. The van der Waals surface area contributed by atoms with Gasteiger partial charge in [-0.1, -0.05) is 32.1 Å². The number of aliphatic hydroxyl groups is 1. The molecule has 0 aromatic carbocycles. The van der Waals surface area contributed by atoms with Crippen molar-refractivity contribution in [2.75, 3.05) is 11.8 Å². The number of carbonyl (C=O) groups excluding carboxylic acids is 1. The first-order chi connectivity index (χ1) is 8.72. The predicted octanol–water partition coefficient (Wildman–Crippen LogP) is 4.30. The van der Waals surface area contributed by atoms with Crippen LogP contribution in [-0.4, -0.2) is 28.8 Å². The van der Waals surface area contributed by atoms with Crippen molar-refractivity contribution >= 4 is 29.0 Å². The molecule has 0 spiro atoms. The molecule has 0 aromatic rings. The van der Waals surface area contributed by atoms with Crippen LogP contribution in [0.25, 0.3) is 0 Å². The van der Waals surface area contributed by atoms with E-state index in [2.05, 4.69) is 0 Å². The summed E-state index contributed by atoms with van der Waals surface area (Å²) < 4.78 is 0. The van der Waals surface area contributed by atoms with E-state index in [1.165, 1.54) is 0 Å². The number of hydrogen-bond acceptors (Lipinski definition) is 2. The summed E-state index contributed by atoms with van der Waals surface area (Å²) in [7, 11) is 0. The Morgan fingerprint density at radius 3 is 1.89 bits per heavy atom. The Hall–Kier alpha value is 0.210. The van der Waals surface area contributed by atoms with Crippen LogP contribution in [-0.2, 0) is 4.79 Å². The number of unbranched alkanes of at least 4 members (excludes halogenated alkanes) is 6. The summed E-state index contributed by atoms with van der Waals surface area (Å²) in [6, 6.07) is 0. The Kier molecular flexibility index (Phi) is 13.8. The Morgan fingerprint density at radius 1 is 0.833 bits per heavy atom. The maximum Gasteiger partial charge on any atom is 0.161 e. The quantitative estimate of drug-likeness (QED) is 0.406. The molecule has 0 rings (SSSR count). The first kappa shape index (κ1) is 18.2. The molecule has 1 atom stereocenters. The van der Waals surface area contributed by atoms with E-state index in [0.717, 1.165) is 51.4 Å². The summed E-state index contributed by atoms with van der Waals surface area (Å²) in [6.07, 6.45) is 8.41. The lowest BCUT2D eigenvalue weighted by Crippen LogP contribution is -2.19. The molecule has 0 aromatic heterocycles. The topological polar surface area (TPSA) is 37.3 Å². The van der Waals surface area contributed by atoms with Gasteiger partial charge >= 0.3 is 0 Å². The molecule has 108 valence electrons. The number of Topliss-reactive ketones (excluding diaryl/α,β-unsaturated/α-hetero) is 1. The second kappa shape index (κ2) is 13.6. The highest BCUT2D eigenvalue weighted by molar-refractivity contribution is 6.18. The zero-order valence-corrected chi connectivity index (χ0v) is 12.7. The molecular formula is C14H26Cl2O2. The lowest BCUT2D eigenvalue weighted by Gasteiger charge is -2.09. The van der Waals surface area contributed by atoms with E-state index in [9.17, 15) is 9.90 Å². The van der Waals surface area contributed by atoms with Crippen LogP contribution in [0, 0.1) is 0 Å². The van der Waals surface area contributed by atoms with Gasteiger partial charge in [-0.2, -0.15) is 0 Å². The molecule has 0 amide bonds. The Morgan fingerprint density at radius 2 is 1.33 bits per heavy atom. The van der Waals surface area contributed by atoms with Crippen molar-refractivity contribution in [2.45, 2.75) is 70.3 Å². The first-order valence-corrected chi connectivity index (χ1v) is 8.12. The van der Waals surface area contributed by atoms with E-state index >= 15 is 0 Å². The van der Waals surface area contributed by atoms with E-state index in [-0.39, 0.29) is 5.78 Å². The molecule has 0 saturated carbocycles. The van der Waals surface area contributed by atoms with Crippen molar-refractivity contribution in [3.8, 4) is 0 Å². The minimum absolute atomic E-state index is 0.00165. The third-order valence-corrected chi connectivity index (χ3v) is 3.57. The zero-order chi connectivity index (χ0) is 13.6. The van der Waals surface area contributed by atoms with Gasteiger partial charge in [-0.3, -0.25) is 4.79 Å². The van der Waals surface area contributed by atoms with Crippen LogP contribution < -0.4 is 0 Å². The number of rotatable bonds is 13. The molecule has 18 heavy (non-hydrogen) atoms. The van der Waals surface area contributed by atoms with Crippen LogP contribution in [0.3, 0.4) is 0 Å². The zero-order valence-electron chi connectivity index (χ0n) is 11.2. The van der Waals surface area contributed by atoms with Gasteiger partial charge in [-0.15, -0.1) is 23.2 Å². The molecule has 0 aliphatic rings. The number of alkyl halides is 2. The second-order valence-corrected chi connectivity index (χ2v) is 5.48. The minimum Gasteiger partial charge on any atom is -0.385 e. The highest BCUT2D eigenvalue weighted by Gasteiger charge is 2.13. The molecule has 4 heteroatoms. The fourth-order valence-corrected chi connectivity index (χ4v) is 2.24. The highest BCUT2D eigenvalue weighted by Crippen LogP contribution is 2.11. The molecule has 0 fully saturated rings. The Bertz CT molecular complexity index is 198. The van der Waals surface area contributed by atoms with Gasteiger partial charge in [-0.25, -0.2) is 0 Å². The maximum absolute atomic E-state index is 11.6. The number of aliphatic hydroxyl groups excluding tert-OH is 1. The fraction of sp³-hybridized carbons (Fsp3) is 0.929. The average molecular weight is 297 g/mol. The third kappa shape index (κ3) is 11.3. The van der Waals surface area contributed by atoms with Gasteiger partial charge in [0.05, 0.1) is 0 Å². The minimum atomic E-state index is -0.756. The number of halogens is 2. The van der Waals surface area contributed by atoms with Crippen molar-refractivity contribution in [1.82, 2.24) is 0 Å². The van der Waals surface area contributed by atoms with E-state index in [4.69, 9.17) is 23.2 Å². The van der Waals surface area contributed by atoms with Crippen molar-refractivity contribution in [1.29, 1.82) is 0 Å². The van der Waals surface area contributed by atoms with Crippen LogP contribution in [0.5, 0.6) is 0 Å². The van der Waals surface area contributed by atoms with E-state index in [1.807, 2.05) is 0 Å². The van der Waals surface area contributed by atoms with Gasteiger partial charge in [0.2, 0.25) is 0 Å². The smallest absolute Gasteiger partial charge is 0.161 e. The molecule has 0 aliphatic carbocycles.